The molecule has 126 valence electrons. The van der Waals surface area contributed by atoms with E-state index < -0.39 is 0 Å². The van der Waals surface area contributed by atoms with Crippen molar-refractivity contribution in [3.05, 3.63) is 46.5 Å². The highest BCUT2D eigenvalue weighted by atomic mass is 16.5. The van der Waals surface area contributed by atoms with Crippen LogP contribution < -0.4 is 9.47 Å². The number of carbonyl (C=O) groups is 2. The third kappa shape index (κ3) is 3.82. The molecule has 0 aromatic heterocycles. The first-order valence-electron chi connectivity index (χ1n) is 7.78. The molecule has 2 aromatic carbocycles. The minimum atomic E-state index is -0.331. The number of rotatable bonds is 3. The number of carbonyl (C=O) groups excluding carboxylic acids is 2. The van der Waals surface area contributed by atoms with E-state index in [0.717, 1.165) is 33.4 Å². The standard InChI is InChI=1S/C20H22O4/c1-11-9-19(23-15(5)21)13(3)7-17(11)18-8-14(4)20(10-12(18)2)24-16(6)22/h7-10H,1-6H3. The van der Waals surface area contributed by atoms with Crippen LogP contribution in [0.3, 0.4) is 0 Å². The van der Waals surface area contributed by atoms with E-state index in [2.05, 4.69) is 0 Å². The van der Waals surface area contributed by atoms with Crippen LogP contribution in [-0.2, 0) is 9.59 Å². The zero-order valence-corrected chi connectivity index (χ0v) is 14.9. The van der Waals surface area contributed by atoms with Gasteiger partial charge < -0.3 is 9.47 Å². The average molecular weight is 326 g/mol. The van der Waals surface area contributed by atoms with Gasteiger partial charge in [-0.15, -0.1) is 0 Å². The van der Waals surface area contributed by atoms with Crippen LogP contribution >= 0.6 is 0 Å². The highest BCUT2D eigenvalue weighted by Gasteiger charge is 2.13. The van der Waals surface area contributed by atoms with Crippen molar-refractivity contribution < 1.29 is 19.1 Å². The highest BCUT2D eigenvalue weighted by Crippen LogP contribution is 2.35. The molecular formula is C20H22O4. The van der Waals surface area contributed by atoms with Gasteiger partial charge in [-0.05, 0) is 85.3 Å². The maximum atomic E-state index is 11.2. The van der Waals surface area contributed by atoms with E-state index in [1.165, 1.54) is 13.8 Å². The molecule has 0 N–H and O–H groups in total. The van der Waals surface area contributed by atoms with Gasteiger partial charge in [-0.3, -0.25) is 9.59 Å². The Hall–Kier alpha value is -2.62. The molecule has 0 radical (unpaired) electrons. The van der Waals surface area contributed by atoms with E-state index in [1.807, 2.05) is 52.0 Å². The van der Waals surface area contributed by atoms with Crippen molar-refractivity contribution in [3.63, 3.8) is 0 Å². The van der Waals surface area contributed by atoms with Gasteiger partial charge in [0.1, 0.15) is 11.5 Å². The molecule has 2 aromatic rings. The highest BCUT2D eigenvalue weighted by molar-refractivity contribution is 5.77. The fourth-order valence-electron chi connectivity index (χ4n) is 2.69. The summed E-state index contributed by atoms with van der Waals surface area (Å²) < 4.78 is 10.5. The van der Waals surface area contributed by atoms with Crippen LogP contribution in [0.15, 0.2) is 24.3 Å². The minimum absolute atomic E-state index is 0.331. The molecule has 0 heterocycles. The Morgan fingerprint density at radius 2 is 0.958 bits per heavy atom. The first-order chi connectivity index (χ1) is 11.2. The fourth-order valence-corrected chi connectivity index (χ4v) is 2.69. The molecule has 0 saturated carbocycles. The minimum Gasteiger partial charge on any atom is -0.426 e. The van der Waals surface area contributed by atoms with Gasteiger partial charge in [0.25, 0.3) is 0 Å². The van der Waals surface area contributed by atoms with Gasteiger partial charge in [0.15, 0.2) is 0 Å². The predicted molar refractivity (Wildman–Crippen MR) is 93.4 cm³/mol. The zero-order chi connectivity index (χ0) is 18.0. The van der Waals surface area contributed by atoms with Gasteiger partial charge in [0.2, 0.25) is 0 Å². The number of aryl methyl sites for hydroxylation is 4. The SMILES string of the molecule is CC(=O)Oc1cc(C)c(-c2cc(C)c(OC(C)=O)cc2C)cc1C. The molecule has 0 saturated heterocycles. The fraction of sp³-hybridized carbons (Fsp3) is 0.300. The Balaban J connectivity index is 2.52. The molecule has 0 amide bonds. The van der Waals surface area contributed by atoms with Crippen molar-refractivity contribution in [2.24, 2.45) is 0 Å². The van der Waals surface area contributed by atoms with Crippen LogP contribution in [0, 0.1) is 27.7 Å². The van der Waals surface area contributed by atoms with E-state index in [0.29, 0.717) is 11.5 Å². The molecule has 0 bridgehead atoms. The van der Waals surface area contributed by atoms with Gasteiger partial charge in [0.05, 0.1) is 0 Å². The zero-order valence-electron chi connectivity index (χ0n) is 14.9. The predicted octanol–water partition coefficient (Wildman–Crippen LogP) is 4.44. The van der Waals surface area contributed by atoms with Crippen molar-refractivity contribution in [2.75, 3.05) is 0 Å². The third-order valence-corrected chi connectivity index (χ3v) is 3.84. The third-order valence-electron chi connectivity index (χ3n) is 3.84. The lowest BCUT2D eigenvalue weighted by Crippen LogP contribution is -2.04. The summed E-state index contributed by atoms with van der Waals surface area (Å²) in [5.74, 6) is 0.496. The smallest absolute Gasteiger partial charge is 0.308 e. The molecular weight excluding hydrogens is 304 g/mol. The van der Waals surface area contributed by atoms with Crippen LogP contribution in [0.2, 0.25) is 0 Å². The quantitative estimate of drug-likeness (QED) is 0.618. The summed E-state index contributed by atoms with van der Waals surface area (Å²) in [4.78, 5) is 22.4. The van der Waals surface area contributed by atoms with E-state index >= 15 is 0 Å². The average Bonchev–Trinajstić information content (AvgIpc) is 2.45. The lowest BCUT2D eigenvalue weighted by Gasteiger charge is -2.16. The van der Waals surface area contributed by atoms with E-state index in [9.17, 15) is 9.59 Å². The number of ether oxygens (including phenoxy) is 2. The van der Waals surface area contributed by atoms with Crippen molar-refractivity contribution in [1.29, 1.82) is 0 Å². The second kappa shape index (κ2) is 6.87. The number of esters is 2. The van der Waals surface area contributed by atoms with Gasteiger partial charge >= 0.3 is 11.9 Å². The Morgan fingerprint density at radius 1 is 0.625 bits per heavy atom. The maximum Gasteiger partial charge on any atom is 0.308 e. The Kier molecular flexibility index (Phi) is 5.07. The Bertz CT molecular complexity index is 749. The normalized spacial score (nSPS) is 10.4. The molecule has 4 nitrogen and oxygen atoms in total. The number of benzene rings is 2. The molecule has 24 heavy (non-hydrogen) atoms. The topological polar surface area (TPSA) is 52.6 Å². The van der Waals surface area contributed by atoms with Gasteiger partial charge in [-0.2, -0.15) is 0 Å². The lowest BCUT2D eigenvalue weighted by atomic mass is 9.93. The molecule has 0 spiro atoms. The second-order valence-electron chi connectivity index (χ2n) is 6.05. The van der Waals surface area contributed by atoms with E-state index in [4.69, 9.17) is 9.47 Å². The Morgan fingerprint density at radius 3 is 1.25 bits per heavy atom. The lowest BCUT2D eigenvalue weighted by molar-refractivity contribution is -0.132. The summed E-state index contributed by atoms with van der Waals surface area (Å²) in [6, 6.07) is 7.78. The van der Waals surface area contributed by atoms with E-state index in [1.54, 1.807) is 0 Å². The van der Waals surface area contributed by atoms with Gasteiger partial charge in [0, 0.05) is 13.8 Å². The van der Waals surface area contributed by atoms with E-state index in [-0.39, 0.29) is 11.9 Å². The summed E-state index contributed by atoms with van der Waals surface area (Å²) >= 11 is 0. The van der Waals surface area contributed by atoms with Crippen LogP contribution in [0.5, 0.6) is 11.5 Å². The summed E-state index contributed by atoms with van der Waals surface area (Å²) in [6.07, 6.45) is 0. The van der Waals surface area contributed by atoms with Crippen LogP contribution in [0.1, 0.15) is 36.1 Å². The second-order valence-corrected chi connectivity index (χ2v) is 6.05. The summed E-state index contributed by atoms with van der Waals surface area (Å²) in [6.45, 7) is 10.6. The van der Waals surface area contributed by atoms with Crippen LogP contribution in [0.25, 0.3) is 11.1 Å². The number of hydrogen-bond donors (Lipinski definition) is 0. The molecule has 2 rings (SSSR count). The van der Waals surface area contributed by atoms with Crippen molar-refractivity contribution in [1.82, 2.24) is 0 Å². The number of hydrogen-bond acceptors (Lipinski definition) is 4. The summed E-state index contributed by atoms with van der Waals surface area (Å²) in [7, 11) is 0. The van der Waals surface area contributed by atoms with Crippen LogP contribution in [-0.4, -0.2) is 11.9 Å². The molecule has 0 aliphatic heterocycles. The molecule has 4 heteroatoms. The molecule has 0 unspecified atom stereocenters. The summed E-state index contributed by atoms with van der Waals surface area (Å²) in [5.41, 5.74) is 5.95. The van der Waals surface area contributed by atoms with Crippen LogP contribution in [0.4, 0.5) is 0 Å². The van der Waals surface area contributed by atoms with Crippen molar-refractivity contribution in [3.8, 4) is 22.6 Å². The summed E-state index contributed by atoms with van der Waals surface area (Å²) in [5, 5.41) is 0. The maximum absolute atomic E-state index is 11.2. The molecule has 0 aliphatic rings. The van der Waals surface area contributed by atoms with Gasteiger partial charge in [-0.25, -0.2) is 0 Å². The van der Waals surface area contributed by atoms with Gasteiger partial charge in [-0.1, -0.05) is 0 Å². The molecule has 0 fully saturated rings. The first kappa shape index (κ1) is 17.7. The largest absolute Gasteiger partial charge is 0.426 e. The Labute approximate surface area is 142 Å². The monoisotopic (exact) mass is 326 g/mol. The molecule has 0 atom stereocenters. The van der Waals surface area contributed by atoms with Crippen molar-refractivity contribution >= 4 is 11.9 Å². The first-order valence-corrected chi connectivity index (χ1v) is 7.78. The molecule has 0 aliphatic carbocycles. The van der Waals surface area contributed by atoms with Crippen molar-refractivity contribution in [2.45, 2.75) is 41.5 Å².